The van der Waals surface area contributed by atoms with Gasteiger partial charge < -0.3 is 5.11 Å². The lowest BCUT2D eigenvalue weighted by Crippen LogP contribution is -2.29. The third-order valence-corrected chi connectivity index (χ3v) is 3.89. The fourth-order valence-corrected chi connectivity index (χ4v) is 2.67. The van der Waals surface area contributed by atoms with E-state index in [1.165, 1.54) is 0 Å². The van der Waals surface area contributed by atoms with Gasteiger partial charge in [0, 0.05) is 6.54 Å². The third kappa shape index (κ3) is 2.63. The minimum Gasteiger partial charge on any atom is -0.392 e. The molecule has 1 saturated heterocycles. The normalized spacial score (nSPS) is 19.2. The lowest BCUT2D eigenvalue weighted by atomic mass is 10.1. The number of amides is 1. The molecule has 0 saturated carbocycles. The van der Waals surface area contributed by atoms with E-state index in [0.717, 1.165) is 15.4 Å². The number of nitrogens with zero attached hydrogens (tertiary/aromatic N) is 1. The summed E-state index contributed by atoms with van der Waals surface area (Å²) in [5.41, 5.74) is 1.52. The molecule has 0 radical (unpaired) electrons. The van der Waals surface area contributed by atoms with Gasteiger partial charge in [-0.25, -0.2) is 4.72 Å². The molecule has 2 N–H and O–H groups in total. The first-order valence-corrected chi connectivity index (χ1v) is 6.44. The van der Waals surface area contributed by atoms with E-state index < -0.39 is 16.1 Å². The van der Waals surface area contributed by atoms with Crippen LogP contribution in [0.3, 0.4) is 0 Å². The molecule has 1 aliphatic rings. The summed E-state index contributed by atoms with van der Waals surface area (Å²) in [5.74, 6) is -0.517. The van der Waals surface area contributed by atoms with Crippen molar-refractivity contribution in [1.82, 2.24) is 9.03 Å². The number of nitrogens with one attached hydrogen (secondary N) is 1. The van der Waals surface area contributed by atoms with Crippen LogP contribution in [0.15, 0.2) is 24.3 Å². The number of aliphatic hydroxyl groups is 1. The second kappa shape index (κ2) is 4.44. The van der Waals surface area contributed by atoms with Gasteiger partial charge in [0.25, 0.3) is 0 Å². The molecule has 0 bridgehead atoms. The van der Waals surface area contributed by atoms with E-state index in [1.807, 2.05) is 4.72 Å². The standard InChI is InChI=1S/C10H12N2O4S/c13-7-9-3-1-8(2-4-9)5-12-6-10(14)11-17(12,15)16/h1-4,13H,5-7H2,(H,11,14). The summed E-state index contributed by atoms with van der Waals surface area (Å²) < 4.78 is 25.9. The van der Waals surface area contributed by atoms with Crippen LogP contribution in [0.1, 0.15) is 11.1 Å². The maximum Gasteiger partial charge on any atom is 0.304 e. The van der Waals surface area contributed by atoms with E-state index >= 15 is 0 Å². The summed E-state index contributed by atoms with van der Waals surface area (Å²) in [5, 5.41) is 8.87. The van der Waals surface area contributed by atoms with Gasteiger partial charge in [0.05, 0.1) is 13.2 Å². The number of aliphatic hydroxyl groups excluding tert-OH is 1. The van der Waals surface area contributed by atoms with Crippen LogP contribution < -0.4 is 4.72 Å². The van der Waals surface area contributed by atoms with E-state index in [1.54, 1.807) is 24.3 Å². The van der Waals surface area contributed by atoms with Gasteiger partial charge in [0.2, 0.25) is 5.91 Å². The molecule has 7 heteroatoms. The van der Waals surface area contributed by atoms with Gasteiger partial charge in [-0.1, -0.05) is 24.3 Å². The fraction of sp³-hybridized carbons (Fsp3) is 0.300. The van der Waals surface area contributed by atoms with Gasteiger partial charge in [-0.15, -0.1) is 0 Å². The molecule has 1 aromatic rings. The van der Waals surface area contributed by atoms with E-state index in [2.05, 4.69) is 0 Å². The van der Waals surface area contributed by atoms with Crippen molar-refractivity contribution in [3.8, 4) is 0 Å². The molecule has 2 rings (SSSR count). The Labute approximate surface area is 99.0 Å². The molecule has 17 heavy (non-hydrogen) atoms. The number of carbonyl (C=O) groups excluding carboxylic acids is 1. The van der Waals surface area contributed by atoms with Crippen molar-refractivity contribution in [2.45, 2.75) is 13.2 Å². The maximum absolute atomic E-state index is 11.5. The summed E-state index contributed by atoms with van der Waals surface area (Å²) in [6.45, 7) is -0.0563. The highest BCUT2D eigenvalue weighted by atomic mass is 32.2. The van der Waals surface area contributed by atoms with Crippen LogP contribution in [-0.4, -0.2) is 30.3 Å². The molecule has 0 spiro atoms. The van der Waals surface area contributed by atoms with Gasteiger partial charge in [0.15, 0.2) is 0 Å². The lowest BCUT2D eigenvalue weighted by Gasteiger charge is -2.12. The summed E-state index contributed by atoms with van der Waals surface area (Å²) in [6.07, 6.45) is 0. The van der Waals surface area contributed by atoms with Crippen LogP contribution in [0, 0.1) is 0 Å². The molecule has 0 aromatic heterocycles. The zero-order valence-electron chi connectivity index (χ0n) is 8.96. The Morgan fingerprint density at radius 2 is 1.82 bits per heavy atom. The second-order valence-corrected chi connectivity index (χ2v) is 5.44. The van der Waals surface area contributed by atoms with Gasteiger partial charge in [-0.05, 0) is 11.1 Å². The first-order chi connectivity index (χ1) is 8.01. The predicted octanol–water partition coefficient (Wildman–Crippen LogP) is -0.644. The first-order valence-electron chi connectivity index (χ1n) is 5.00. The molecule has 1 fully saturated rings. The SMILES string of the molecule is O=C1CN(Cc2ccc(CO)cc2)S(=O)(=O)N1. The average molecular weight is 256 g/mol. The van der Waals surface area contributed by atoms with Crippen molar-refractivity contribution in [1.29, 1.82) is 0 Å². The molecule has 1 heterocycles. The molecular weight excluding hydrogens is 244 g/mol. The van der Waals surface area contributed by atoms with Crippen molar-refractivity contribution in [2.75, 3.05) is 6.54 Å². The summed E-state index contributed by atoms with van der Waals surface area (Å²) in [4.78, 5) is 11.0. The minimum absolute atomic E-state index is 0.0532. The molecule has 1 aromatic carbocycles. The van der Waals surface area contributed by atoms with Crippen molar-refractivity contribution in [3.63, 3.8) is 0 Å². The highest BCUT2D eigenvalue weighted by Crippen LogP contribution is 2.13. The highest BCUT2D eigenvalue weighted by molar-refractivity contribution is 7.88. The highest BCUT2D eigenvalue weighted by Gasteiger charge is 2.33. The Bertz CT molecular complexity index is 524. The Kier molecular flexibility index (Phi) is 3.14. The minimum atomic E-state index is -3.67. The van der Waals surface area contributed by atoms with E-state index in [0.29, 0.717) is 0 Å². The molecule has 0 aliphatic carbocycles. The Balaban J connectivity index is 2.13. The van der Waals surface area contributed by atoms with E-state index in [-0.39, 0.29) is 19.7 Å². The maximum atomic E-state index is 11.5. The molecular formula is C10H12N2O4S. The summed E-state index contributed by atoms with van der Waals surface area (Å²) in [7, 11) is -3.67. The molecule has 92 valence electrons. The van der Waals surface area contributed by atoms with Crippen LogP contribution in [-0.2, 0) is 28.2 Å². The number of hydrogen-bond donors (Lipinski definition) is 2. The zero-order valence-corrected chi connectivity index (χ0v) is 9.77. The van der Waals surface area contributed by atoms with Crippen molar-refractivity contribution >= 4 is 16.1 Å². The molecule has 1 aliphatic heterocycles. The lowest BCUT2D eigenvalue weighted by molar-refractivity contribution is -0.118. The topological polar surface area (TPSA) is 86.7 Å². The summed E-state index contributed by atoms with van der Waals surface area (Å²) >= 11 is 0. The smallest absolute Gasteiger partial charge is 0.304 e. The Hall–Kier alpha value is -1.44. The van der Waals surface area contributed by atoms with E-state index in [4.69, 9.17) is 5.11 Å². The Morgan fingerprint density at radius 3 is 2.29 bits per heavy atom. The number of benzene rings is 1. The van der Waals surface area contributed by atoms with Gasteiger partial charge >= 0.3 is 10.2 Å². The predicted molar refractivity (Wildman–Crippen MR) is 59.8 cm³/mol. The van der Waals surface area contributed by atoms with Crippen LogP contribution >= 0.6 is 0 Å². The number of carbonyl (C=O) groups is 1. The monoisotopic (exact) mass is 256 g/mol. The fourth-order valence-electron chi connectivity index (χ4n) is 1.58. The molecule has 0 unspecified atom stereocenters. The van der Waals surface area contributed by atoms with Gasteiger partial charge in [-0.3, -0.25) is 4.79 Å². The first kappa shape index (κ1) is 12.0. The van der Waals surface area contributed by atoms with Crippen LogP contribution in [0.2, 0.25) is 0 Å². The van der Waals surface area contributed by atoms with E-state index in [9.17, 15) is 13.2 Å². The Morgan fingerprint density at radius 1 is 1.24 bits per heavy atom. The number of hydrogen-bond acceptors (Lipinski definition) is 4. The quantitative estimate of drug-likeness (QED) is 0.753. The van der Waals surface area contributed by atoms with Crippen molar-refractivity contribution < 1.29 is 18.3 Å². The van der Waals surface area contributed by atoms with Crippen LogP contribution in [0.4, 0.5) is 0 Å². The third-order valence-electron chi connectivity index (χ3n) is 2.47. The largest absolute Gasteiger partial charge is 0.392 e. The number of rotatable bonds is 3. The zero-order chi connectivity index (χ0) is 12.5. The average Bonchev–Trinajstić information content (AvgIpc) is 2.53. The molecule has 6 nitrogen and oxygen atoms in total. The second-order valence-electron chi connectivity index (χ2n) is 3.77. The van der Waals surface area contributed by atoms with Crippen molar-refractivity contribution in [2.24, 2.45) is 0 Å². The van der Waals surface area contributed by atoms with Crippen LogP contribution in [0.5, 0.6) is 0 Å². The van der Waals surface area contributed by atoms with Gasteiger partial charge in [0.1, 0.15) is 0 Å². The van der Waals surface area contributed by atoms with Gasteiger partial charge in [-0.2, -0.15) is 12.7 Å². The van der Waals surface area contributed by atoms with Crippen molar-refractivity contribution in [3.05, 3.63) is 35.4 Å². The molecule has 0 atom stereocenters. The molecule has 1 amide bonds. The summed E-state index contributed by atoms with van der Waals surface area (Å²) in [6, 6.07) is 6.88. The van der Waals surface area contributed by atoms with Crippen LogP contribution in [0.25, 0.3) is 0 Å².